The highest BCUT2D eigenvalue weighted by molar-refractivity contribution is 5.33. The molecule has 2 rings (SSSR count). The van der Waals surface area contributed by atoms with Gasteiger partial charge in [-0.25, -0.2) is 0 Å². The third kappa shape index (κ3) is 2.87. The van der Waals surface area contributed by atoms with Gasteiger partial charge in [0.1, 0.15) is 6.04 Å². The molecular formula is C15H20N2. The van der Waals surface area contributed by atoms with Crippen LogP contribution in [0.2, 0.25) is 0 Å². The first-order valence-corrected chi connectivity index (χ1v) is 6.58. The average Bonchev–Trinajstić information content (AvgIpc) is 2.89. The van der Waals surface area contributed by atoms with Crippen LogP contribution in [-0.4, -0.2) is 6.04 Å². The van der Waals surface area contributed by atoms with E-state index in [1.165, 1.54) is 31.2 Å². The van der Waals surface area contributed by atoms with Crippen molar-refractivity contribution in [1.29, 1.82) is 5.26 Å². The Morgan fingerprint density at radius 2 is 2.06 bits per heavy atom. The zero-order valence-electron chi connectivity index (χ0n) is 10.4. The maximum atomic E-state index is 9.35. The molecule has 2 heteroatoms. The summed E-state index contributed by atoms with van der Waals surface area (Å²) in [5, 5.41) is 12.8. The minimum Gasteiger partial charge on any atom is -0.295 e. The molecule has 2 nitrogen and oxygen atoms in total. The van der Waals surface area contributed by atoms with Crippen molar-refractivity contribution in [1.82, 2.24) is 5.32 Å². The van der Waals surface area contributed by atoms with Crippen LogP contribution in [0, 0.1) is 11.3 Å². The molecule has 1 N–H and O–H groups in total. The molecule has 0 saturated heterocycles. The van der Waals surface area contributed by atoms with Gasteiger partial charge >= 0.3 is 0 Å². The Morgan fingerprint density at radius 3 is 2.71 bits per heavy atom. The minimum absolute atomic E-state index is 0.144. The first-order valence-electron chi connectivity index (χ1n) is 6.58. The highest BCUT2D eigenvalue weighted by atomic mass is 15.0. The van der Waals surface area contributed by atoms with Crippen molar-refractivity contribution in [2.24, 2.45) is 0 Å². The molecule has 1 aliphatic carbocycles. The molecule has 1 unspecified atom stereocenters. The van der Waals surface area contributed by atoms with Gasteiger partial charge in [0.2, 0.25) is 0 Å². The van der Waals surface area contributed by atoms with Crippen molar-refractivity contribution in [3.05, 3.63) is 35.4 Å². The van der Waals surface area contributed by atoms with Gasteiger partial charge in [-0.2, -0.15) is 5.26 Å². The average molecular weight is 228 g/mol. The van der Waals surface area contributed by atoms with Crippen LogP contribution in [0.1, 0.15) is 49.8 Å². The Morgan fingerprint density at radius 1 is 1.35 bits per heavy atom. The molecule has 1 saturated carbocycles. The van der Waals surface area contributed by atoms with E-state index in [2.05, 4.69) is 30.4 Å². The number of hydrogen-bond acceptors (Lipinski definition) is 2. The van der Waals surface area contributed by atoms with E-state index in [1.54, 1.807) is 0 Å². The summed E-state index contributed by atoms with van der Waals surface area (Å²) in [6.45, 7) is 2.14. The number of nitrogens with one attached hydrogen (secondary N) is 1. The molecule has 1 fully saturated rings. The largest absolute Gasteiger partial charge is 0.295 e. The number of rotatable bonds is 4. The fraction of sp³-hybridized carbons (Fsp3) is 0.533. The van der Waals surface area contributed by atoms with E-state index in [1.807, 2.05) is 12.1 Å². The van der Waals surface area contributed by atoms with E-state index in [0.717, 1.165) is 12.0 Å². The summed E-state index contributed by atoms with van der Waals surface area (Å²) in [6.07, 6.45) is 6.01. The lowest BCUT2D eigenvalue weighted by Gasteiger charge is -2.19. The molecule has 0 spiro atoms. The van der Waals surface area contributed by atoms with Gasteiger partial charge in [-0.1, -0.05) is 44.0 Å². The Hall–Kier alpha value is -1.33. The maximum absolute atomic E-state index is 9.35. The zero-order valence-corrected chi connectivity index (χ0v) is 10.4. The summed E-state index contributed by atoms with van der Waals surface area (Å²) in [4.78, 5) is 0. The van der Waals surface area contributed by atoms with Gasteiger partial charge in [0.05, 0.1) is 6.07 Å². The predicted octanol–water partition coefficient (Wildman–Crippen LogP) is 3.35. The van der Waals surface area contributed by atoms with Gasteiger partial charge in [0, 0.05) is 6.04 Å². The van der Waals surface area contributed by atoms with E-state index < -0.39 is 0 Å². The van der Waals surface area contributed by atoms with Crippen molar-refractivity contribution in [3.8, 4) is 6.07 Å². The predicted molar refractivity (Wildman–Crippen MR) is 69.6 cm³/mol. The molecule has 17 heavy (non-hydrogen) atoms. The van der Waals surface area contributed by atoms with Crippen molar-refractivity contribution in [2.75, 3.05) is 0 Å². The Kier molecular flexibility index (Phi) is 4.17. The lowest BCUT2D eigenvalue weighted by Crippen LogP contribution is -2.30. The monoisotopic (exact) mass is 228 g/mol. The zero-order chi connectivity index (χ0) is 12.1. The molecule has 1 aromatic rings. The summed E-state index contributed by atoms with van der Waals surface area (Å²) < 4.78 is 0. The number of hydrogen-bond donors (Lipinski definition) is 1. The molecule has 1 aliphatic rings. The van der Waals surface area contributed by atoms with Crippen molar-refractivity contribution in [3.63, 3.8) is 0 Å². The van der Waals surface area contributed by atoms with Crippen LogP contribution in [0.3, 0.4) is 0 Å². The molecule has 1 aromatic carbocycles. The number of aryl methyl sites for hydroxylation is 1. The van der Waals surface area contributed by atoms with Crippen LogP contribution < -0.4 is 5.32 Å². The summed E-state index contributed by atoms with van der Waals surface area (Å²) in [5.74, 6) is 0. The van der Waals surface area contributed by atoms with Gasteiger partial charge in [-0.05, 0) is 30.4 Å². The standard InChI is InChI=1S/C15H20N2/c1-2-12-7-3-6-10-14(12)15(11-16)17-13-8-4-5-9-13/h3,6-7,10,13,15,17H,2,4-5,8-9H2,1H3. The van der Waals surface area contributed by atoms with Crippen LogP contribution >= 0.6 is 0 Å². The van der Waals surface area contributed by atoms with Gasteiger partial charge in [-0.3, -0.25) is 5.32 Å². The minimum atomic E-state index is -0.144. The van der Waals surface area contributed by atoms with Crippen molar-refractivity contribution in [2.45, 2.75) is 51.1 Å². The Labute approximate surface area is 104 Å². The van der Waals surface area contributed by atoms with Gasteiger partial charge in [0.25, 0.3) is 0 Å². The van der Waals surface area contributed by atoms with Crippen LogP contribution in [-0.2, 0) is 6.42 Å². The fourth-order valence-electron chi connectivity index (χ4n) is 2.66. The molecule has 0 aliphatic heterocycles. The highest BCUT2D eigenvalue weighted by Gasteiger charge is 2.21. The molecule has 0 heterocycles. The molecule has 0 bridgehead atoms. The quantitative estimate of drug-likeness (QED) is 0.858. The molecule has 90 valence electrons. The molecular weight excluding hydrogens is 208 g/mol. The number of nitriles is 1. The SMILES string of the molecule is CCc1ccccc1C(C#N)NC1CCCC1. The van der Waals surface area contributed by atoms with E-state index in [9.17, 15) is 5.26 Å². The van der Waals surface area contributed by atoms with Gasteiger partial charge in [0.15, 0.2) is 0 Å². The molecule has 0 radical (unpaired) electrons. The van der Waals surface area contributed by atoms with Crippen molar-refractivity contribution < 1.29 is 0 Å². The van der Waals surface area contributed by atoms with E-state index in [0.29, 0.717) is 6.04 Å². The van der Waals surface area contributed by atoms with Gasteiger partial charge < -0.3 is 0 Å². The van der Waals surface area contributed by atoms with E-state index in [4.69, 9.17) is 0 Å². The van der Waals surface area contributed by atoms with Crippen LogP contribution in [0.15, 0.2) is 24.3 Å². The van der Waals surface area contributed by atoms with Gasteiger partial charge in [-0.15, -0.1) is 0 Å². The lowest BCUT2D eigenvalue weighted by molar-refractivity contribution is 0.490. The summed E-state index contributed by atoms with van der Waals surface area (Å²) in [6, 6.07) is 11.1. The molecule has 0 aromatic heterocycles. The summed E-state index contributed by atoms with van der Waals surface area (Å²) >= 11 is 0. The third-order valence-corrected chi connectivity index (χ3v) is 3.63. The second-order valence-corrected chi connectivity index (χ2v) is 4.76. The summed E-state index contributed by atoms with van der Waals surface area (Å²) in [7, 11) is 0. The van der Waals surface area contributed by atoms with E-state index >= 15 is 0 Å². The topological polar surface area (TPSA) is 35.8 Å². The molecule has 0 amide bonds. The van der Waals surface area contributed by atoms with Crippen molar-refractivity contribution >= 4 is 0 Å². The second-order valence-electron chi connectivity index (χ2n) is 4.76. The fourth-order valence-corrected chi connectivity index (χ4v) is 2.66. The summed E-state index contributed by atoms with van der Waals surface area (Å²) in [5.41, 5.74) is 2.44. The number of nitrogens with zero attached hydrogens (tertiary/aromatic N) is 1. The maximum Gasteiger partial charge on any atom is 0.121 e. The number of benzene rings is 1. The van der Waals surface area contributed by atoms with E-state index in [-0.39, 0.29) is 6.04 Å². The molecule has 1 atom stereocenters. The second kappa shape index (κ2) is 5.84. The Bertz CT molecular complexity index is 400. The lowest BCUT2D eigenvalue weighted by atomic mass is 9.98. The third-order valence-electron chi connectivity index (χ3n) is 3.63. The van der Waals surface area contributed by atoms with Crippen LogP contribution in [0.4, 0.5) is 0 Å². The normalized spacial score (nSPS) is 17.9. The highest BCUT2D eigenvalue weighted by Crippen LogP contribution is 2.24. The Balaban J connectivity index is 2.14. The first-order chi connectivity index (χ1) is 8.35. The first kappa shape index (κ1) is 12.1. The van der Waals surface area contributed by atoms with Crippen LogP contribution in [0.5, 0.6) is 0 Å². The smallest absolute Gasteiger partial charge is 0.121 e. The van der Waals surface area contributed by atoms with Crippen LogP contribution in [0.25, 0.3) is 0 Å².